The van der Waals surface area contributed by atoms with Gasteiger partial charge in [0.15, 0.2) is 6.61 Å². The van der Waals surface area contributed by atoms with E-state index in [1.54, 1.807) is 18.3 Å². The summed E-state index contributed by atoms with van der Waals surface area (Å²) in [5.74, 6) is 0.109. The molecule has 2 aromatic rings. The summed E-state index contributed by atoms with van der Waals surface area (Å²) in [5.41, 5.74) is 7.99. The zero-order chi connectivity index (χ0) is 15.9. The smallest absolute Gasteiger partial charge is 0.255 e. The summed E-state index contributed by atoms with van der Waals surface area (Å²) in [6.07, 6.45) is 1.78. The second-order valence-electron chi connectivity index (χ2n) is 4.99. The molecular weight excluding hydrogens is 278 g/mol. The van der Waals surface area contributed by atoms with Crippen molar-refractivity contribution >= 4 is 23.5 Å². The number of anilines is 1. The third kappa shape index (κ3) is 4.63. The lowest BCUT2D eigenvalue weighted by molar-refractivity contribution is -0.119. The van der Waals surface area contributed by atoms with Crippen LogP contribution in [-0.2, 0) is 4.79 Å². The van der Waals surface area contributed by atoms with Crippen LogP contribution in [0.5, 0.6) is 5.75 Å². The maximum Gasteiger partial charge on any atom is 0.255 e. The number of primary amides is 1. The number of nitrogens with zero attached hydrogens (tertiary/aromatic N) is 2. The lowest BCUT2D eigenvalue weighted by atomic mass is 10.2. The lowest BCUT2D eigenvalue weighted by Crippen LogP contribution is -2.19. The second-order valence-corrected chi connectivity index (χ2v) is 4.99. The molecule has 0 aliphatic carbocycles. The topological polar surface area (TPSA) is 67.9 Å². The molecule has 0 saturated heterocycles. The van der Waals surface area contributed by atoms with E-state index in [4.69, 9.17) is 10.5 Å². The largest absolute Gasteiger partial charge is 0.484 e. The molecule has 0 heterocycles. The van der Waals surface area contributed by atoms with Gasteiger partial charge in [-0.3, -0.25) is 9.79 Å². The zero-order valence-electron chi connectivity index (χ0n) is 12.7. The monoisotopic (exact) mass is 297 g/mol. The van der Waals surface area contributed by atoms with E-state index in [9.17, 15) is 4.79 Å². The Hall–Kier alpha value is -2.82. The molecule has 0 saturated carbocycles. The van der Waals surface area contributed by atoms with Crippen molar-refractivity contribution < 1.29 is 9.53 Å². The molecule has 22 heavy (non-hydrogen) atoms. The molecule has 0 spiro atoms. The molecule has 2 rings (SSSR count). The zero-order valence-corrected chi connectivity index (χ0v) is 12.7. The summed E-state index contributed by atoms with van der Waals surface area (Å²) in [5, 5.41) is 0. The van der Waals surface area contributed by atoms with E-state index in [0.29, 0.717) is 5.75 Å². The number of aliphatic imine (C=N–C) groups is 1. The summed E-state index contributed by atoms with van der Waals surface area (Å²) in [6.45, 7) is -0.119. The average molecular weight is 297 g/mol. The van der Waals surface area contributed by atoms with Crippen LogP contribution in [0.4, 0.5) is 11.4 Å². The highest BCUT2D eigenvalue weighted by Crippen LogP contribution is 2.18. The Labute approximate surface area is 130 Å². The number of benzene rings is 2. The molecule has 114 valence electrons. The normalized spacial score (nSPS) is 10.6. The van der Waals surface area contributed by atoms with Gasteiger partial charge in [-0.25, -0.2) is 0 Å². The van der Waals surface area contributed by atoms with Crippen molar-refractivity contribution in [3.8, 4) is 5.75 Å². The number of amides is 1. The predicted octanol–water partition coefficient (Wildman–Crippen LogP) is 2.37. The van der Waals surface area contributed by atoms with Gasteiger partial charge in [0.1, 0.15) is 5.75 Å². The maximum absolute atomic E-state index is 10.6. The molecule has 0 bridgehead atoms. The molecule has 0 fully saturated rings. The number of rotatable bonds is 6. The Kier molecular flexibility index (Phi) is 5.14. The molecule has 2 N–H and O–H groups in total. The molecule has 0 aliphatic heterocycles. The number of carbonyl (C=O) groups excluding carboxylic acids is 1. The van der Waals surface area contributed by atoms with Crippen molar-refractivity contribution in [1.82, 2.24) is 0 Å². The van der Waals surface area contributed by atoms with Gasteiger partial charge in [-0.15, -0.1) is 0 Å². The van der Waals surface area contributed by atoms with Gasteiger partial charge in [0.25, 0.3) is 5.91 Å². The maximum atomic E-state index is 10.6. The lowest BCUT2D eigenvalue weighted by Gasteiger charge is -2.11. The third-order valence-corrected chi connectivity index (χ3v) is 2.99. The van der Waals surface area contributed by atoms with Gasteiger partial charge in [-0.05, 0) is 54.1 Å². The third-order valence-electron chi connectivity index (χ3n) is 2.99. The molecule has 1 amide bonds. The van der Waals surface area contributed by atoms with Crippen LogP contribution < -0.4 is 15.4 Å². The number of hydrogen-bond donors (Lipinski definition) is 1. The van der Waals surface area contributed by atoms with Crippen molar-refractivity contribution in [2.75, 3.05) is 25.6 Å². The number of hydrogen-bond acceptors (Lipinski definition) is 4. The fourth-order valence-electron chi connectivity index (χ4n) is 1.79. The van der Waals surface area contributed by atoms with Crippen LogP contribution in [0.15, 0.2) is 53.5 Å². The average Bonchev–Trinajstić information content (AvgIpc) is 2.52. The summed E-state index contributed by atoms with van der Waals surface area (Å²) in [7, 11) is 4.00. The standard InChI is InChI=1S/C17H19N3O2/c1-20(2)15-7-5-14(6-8-15)19-11-13-3-9-16(10-4-13)22-12-17(18)21/h3-11H,12H2,1-2H3,(H2,18,21). The van der Waals surface area contributed by atoms with Crippen LogP contribution >= 0.6 is 0 Å². The van der Waals surface area contributed by atoms with Crippen LogP contribution in [0.25, 0.3) is 0 Å². The SMILES string of the molecule is CN(C)c1ccc(N=Cc2ccc(OCC(N)=O)cc2)cc1. The minimum absolute atomic E-state index is 0.119. The Morgan fingerprint density at radius 2 is 1.77 bits per heavy atom. The molecule has 0 atom stereocenters. The molecule has 5 heteroatoms. The Bertz CT molecular complexity index is 647. The quantitative estimate of drug-likeness (QED) is 0.832. The molecule has 0 aromatic heterocycles. The summed E-state index contributed by atoms with van der Waals surface area (Å²) < 4.78 is 5.20. The number of carbonyl (C=O) groups is 1. The summed E-state index contributed by atoms with van der Waals surface area (Å²) in [4.78, 5) is 17.1. The highest BCUT2D eigenvalue weighted by Gasteiger charge is 1.98. The summed E-state index contributed by atoms with van der Waals surface area (Å²) in [6, 6.07) is 15.3. The van der Waals surface area contributed by atoms with Crippen LogP contribution in [-0.4, -0.2) is 32.8 Å². The first-order chi connectivity index (χ1) is 10.5. The van der Waals surface area contributed by atoms with E-state index in [2.05, 4.69) is 4.99 Å². The Morgan fingerprint density at radius 1 is 1.14 bits per heavy atom. The van der Waals surface area contributed by atoms with Crippen molar-refractivity contribution in [3.63, 3.8) is 0 Å². The van der Waals surface area contributed by atoms with Gasteiger partial charge in [-0.1, -0.05) is 0 Å². The van der Waals surface area contributed by atoms with Crippen LogP contribution in [0.3, 0.4) is 0 Å². The van der Waals surface area contributed by atoms with Crippen molar-refractivity contribution in [2.24, 2.45) is 10.7 Å². The van der Waals surface area contributed by atoms with Gasteiger partial charge in [0.2, 0.25) is 0 Å². The van der Waals surface area contributed by atoms with E-state index in [1.165, 1.54) is 0 Å². The van der Waals surface area contributed by atoms with Gasteiger partial charge >= 0.3 is 0 Å². The van der Waals surface area contributed by atoms with Crippen molar-refractivity contribution in [2.45, 2.75) is 0 Å². The van der Waals surface area contributed by atoms with E-state index in [0.717, 1.165) is 16.9 Å². The van der Waals surface area contributed by atoms with Crippen molar-refractivity contribution in [1.29, 1.82) is 0 Å². The van der Waals surface area contributed by atoms with E-state index in [1.807, 2.05) is 55.4 Å². The minimum Gasteiger partial charge on any atom is -0.484 e. The first kappa shape index (κ1) is 15.6. The van der Waals surface area contributed by atoms with Crippen LogP contribution in [0.2, 0.25) is 0 Å². The second kappa shape index (κ2) is 7.26. The van der Waals surface area contributed by atoms with Gasteiger partial charge in [-0.2, -0.15) is 0 Å². The highest BCUT2D eigenvalue weighted by molar-refractivity contribution is 5.82. The molecule has 5 nitrogen and oxygen atoms in total. The van der Waals surface area contributed by atoms with E-state index < -0.39 is 5.91 Å². The number of ether oxygens (including phenoxy) is 1. The molecular formula is C17H19N3O2. The first-order valence-corrected chi connectivity index (χ1v) is 6.87. The van der Waals surface area contributed by atoms with Crippen LogP contribution in [0.1, 0.15) is 5.56 Å². The molecule has 0 radical (unpaired) electrons. The predicted molar refractivity (Wildman–Crippen MR) is 89.2 cm³/mol. The van der Waals surface area contributed by atoms with E-state index >= 15 is 0 Å². The fraction of sp³-hybridized carbons (Fsp3) is 0.176. The molecule has 0 unspecified atom stereocenters. The van der Waals surface area contributed by atoms with Crippen LogP contribution in [0, 0.1) is 0 Å². The van der Waals surface area contributed by atoms with E-state index in [-0.39, 0.29) is 6.61 Å². The first-order valence-electron chi connectivity index (χ1n) is 6.87. The van der Waals surface area contributed by atoms with Gasteiger partial charge < -0.3 is 15.4 Å². The van der Waals surface area contributed by atoms with Gasteiger partial charge in [0, 0.05) is 26.0 Å². The molecule has 2 aromatic carbocycles. The Balaban J connectivity index is 1.99. The van der Waals surface area contributed by atoms with Gasteiger partial charge in [0.05, 0.1) is 5.69 Å². The Morgan fingerprint density at radius 3 is 2.32 bits per heavy atom. The number of nitrogens with two attached hydrogens (primary N) is 1. The highest BCUT2D eigenvalue weighted by atomic mass is 16.5. The summed E-state index contributed by atoms with van der Waals surface area (Å²) >= 11 is 0. The molecule has 0 aliphatic rings. The van der Waals surface area contributed by atoms with Crippen molar-refractivity contribution in [3.05, 3.63) is 54.1 Å². The minimum atomic E-state index is -0.494. The fourth-order valence-corrected chi connectivity index (χ4v) is 1.79.